The second-order valence-electron chi connectivity index (χ2n) is 7.02. The lowest BCUT2D eigenvalue weighted by Crippen LogP contribution is -2.60. The third-order valence-corrected chi connectivity index (χ3v) is 5.55. The average Bonchev–Trinajstić information content (AvgIpc) is 2.44. The Morgan fingerprint density at radius 1 is 1.15 bits per heavy atom. The van der Waals surface area contributed by atoms with Crippen LogP contribution < -0.4 is 5.32 Å². The van der Waals surface area contributed by atoms with Crippen LogP contribution in [0.5, 0.6) is 0 Å². The van der Waals surface area contributed by atoms with Crippen LogP contribution in [-0.2, 0) is 0 Å². The van der Waals surface area contributed by atoms with Crippen molar-refractivity contribution in [2.45, 2.75) is 71.0 Å². The van der Waals surface area contributed by atoms with Crippen molar-refractivity contribution < 1.29 is 0 Å². The van der Waals surface area contributed by atoms with Gasteiger partial charge in [-0.2, -0.15) is 0 Å². The smallest absolute Gasteiger partial charge is 0.0253 e. The van der Waals surface area contributed by atoms with Gasteiger partial charge in [0.1, 0.15) is 0 Å². The molecule has 0 amide bonds. The summed E-state index contributed by atoms with van der Waals surface area (Å²) < 4.78 is 0. The van der Waals surface area contributed by atoms with Gasteiger partial charge < -0.3 is 10.2 Å². The summed E-state index contributed by atoms with van der Waals surface area (Å²) in [4.78, 5) is 5.30. The molecule has 0 aromatic carbocycles. The fourth-order valence-corrected chi connectivity index (χ4v) is 4.18. The molecule has 1 saturated heterocycles. The van der Waals surface area contributed by atoms with Gasteiger partial charge in [0.2, 0.25) is 0 Å². The molecule has 2 rings (SSSR count). The number of nitrogens with zero attached hydrogens (tertiary/aromatic N) is 2. The summed E-state index contributed by atoms with van der Waals surface area (Å²) in [6, 6.07) is 2.21. The van der Waals surface area contributed by atoms with E-state index in [0.29, 0.717) is 6.04 Å². The molecule has 0 aromatic heterocycles. The van der Waals surface area contributed by atoms with Crippen molar-refractivity contribution >= 4 is 0 Å². The number of likely N-dealkylation sites (N-methyl/N-ethyl adjacent to an activating group) is 2. The Balaban J connectivity index is 1.99. The van der Waals surface area contributed by atoms with Crippen LogP contribution in [0.4, 0.5) is 0 Å². The first kappa shape index (κ1) is 16.3. The SMILES string of the molecule is CCCC1CCC(NCC)C(N2CCN(C)C(C)C2)C1. The van der Waals surface area contributed by atoms with E-state index in [2.05, 4.69) is 42.9 Å². The second kappa shape index (κ2) is 7.77. The molecule has 20 heavy (non-hydrogen) atoms. The molecule has 0 aromatic rings. The maximum atomic E-state index is 3.77. The van der Waals surface area contributed by atoms with E-state index < -0.39 is 0 Å². The Kier molecular flexibility index (Phi) is 6.31. The van der Waals surface area contributed by atoms with Crippen LogP contribution in [0, 0.1) is 5.92 Å². The average molecular weight is 281 g/mol. The van der Waals surface area contributed by atoms with Gasteiger partial charge in [0, 0.05) is 37.8 Å². The van der Waals surface area contributed by atoms with Gasteiger partial charge in [-0.15, -0.1) is 0 Å². The van der Waals surface area contributed by atoms with Crippen LogP contribution in [0.25, 0.3) is 0 Å². The van der Waals surface area contributed by atoms with E-state index in [9.17, 15) is 0 Å². The quantitative estimate of drug-likeness (QED) is 0.835. The molecule has 118 valence electrons. The molecule has 0 radical (unpaired) electrons. The summed E-state index contributed by atoms with van der Waals surface area (Å²) in [6.45, 7) is 11.8. The van der Waals surface area contributed by atoms with E-state index >= 15 is 0 Å². The van der Waals surface area contributed by atoms with E-state index in [0.717, 1.165) is 24.5 Å². The minimum Gasteiger partial charge on any atom is -0.313 e. The van der Waals surface area contributed by atoms with Crippen LogP contribution >= 0.6 is 0 Å². The maximum Gasteiger partial charge on any atom is 0.0253 e. The van der Waals surface area contributed by atoms with E-state index in [1.165, 1.54) is 51.7 Å². The fraction of sp³-hybridized carbons (Fsp3) is 1.00. The first-order valence-corrected chi connectivity index (χ1v) is 8.83. The minimum atomic E-state index is 0.706. The Morgan fingerprint density at radius 2 is 1.95 bits per heavy atom. The largest absolute Gasteiger partial charge is 0.313 e. The molecule has 4 unspecified atom stereocenters. The van der Waals surface area contributed by atoms with Crippen LogP contribution in [0.1, 0.15) is 52.9 Å². The third-order valence-electron chi connectivity index (χ3n) is 5.55. The van der Waals surface area contributed by atoms with Crippen LogP contribution in [0.3, 0.4) is 0 Å². The Hall–Kier alpha value is -0.120. The maximum absolute atomic E-state index is 3.77. The number of hydrogen-bond acceptors (Lipinski definition) is 3. The van der Waals surface area contributed by atoms with E-state index in [-0.39, 0.29) is 0 Å². The zero-order chi connectivity index (χ0) is 14.5. The summed E-state index contributed by atoms with van der Waals surface area (Å²) in [6.07, 6.45) is 7.01. The van der Waals surface area contributed by atoms with Crippen molar-refractivity contribution in [2.24, 2.45) is 5.92 Å². The molecule has 2 fully saturated rings. The van der Waals surface area contributed by atoms with Gasteiger partial charge in [-0.3, -0.25) is 4.90 Å². The number of piperazine rings is 1. The summed E-state index contributed by atoms with van der Waals surface area (Å²) >= 11 is 0. The molecule has 2 aliphatic rings. The molecule has 1 aliphatic carbocycles. The highest BCUT2D eigenvalue weighted by molar-refractivity contribution is 4.93. The van der Waals surface area contributed by atoms with Crippen molar-refractivity contribution in [1.29, 1.82) is 0 Å². The van der Waals surface area contributed by atoms with Gasteiger partial charge in [-0.05, 0) is 45.7 Å². The summed E-state index contributed by atoms with van der Waals surface area (Å²) in [5, 5.41) is 3.77. The topological polar surface area (TPSA) is 18.5 Å². The lowest BCUT2D eigenvalue weighted by molar-refractivity contribution is 0.0304. The molecule has 0 bridgehead atoms. The minimum absolute atomic E-state index is 0.706. The summed E-state index contributed by atoms with van der Waals surface area (Å²) in [7, 11) is 2.27. The lowest BCUT2D eigenvalue weighted by Gasteiger charge is -2.47. The first-order chi connectivity index (χ1) is 9.65. The predicted octanol–water partition coefficient (Wildman–Crippen LogP) is 2.57. The monoisotopic (exact) mass is 281 g/mol. The third kappa shape index (κ3) is 3.96. The van der Waals surface area contributed by atoms with Gasteiger partial charge in [0.15, 0.2) is 0 Å². The fourth-order valence-electron chi connectivity index (χ4n) is 4.18. The summed E-state index contributed by atoms with van der Waals surface area (Å²) in [5.41, 5.74) is 0. The van der Waals surface area contributed by atoms with E-state index in [1.807, 2.05) is 0 Å². The highest BCUT2D eigenvalue weighted by Crippen LogP contribution is 2.32. The molecule has 1 N–H and O–H groups in total. The Labute approximate surface area is 126 Å². The molecule has 4 atom stereocenters. The van der Waals surface area contributed by atoms with E-state index in [1.54, 1.807) is 0 Å². The van der Waals surface area contributed by atoms with Crippen LogP contribution in [0.15, 0.2) is 0 Å². The molecule has 1 aliphatic heterocycles. The standard InChI is InChI=1S/C17H35N3/c1-5-7-15-8-9-16(18-6-2)17(12-15)20-11-10-19(4)14(3)13-20/h14-18H,5-13H2,1-4H3. The van der Waals surface area contributed by atoms with Crippen molar-refractivity contribution in [3.05, 3.63) is 0 Å². The highest BCUT2D eigenvalue weighted by atomic mass is 15.3. The van der Waals surface area contributed by atoms with Crippen molar-refractivity contribution in [2.75, 3.05) is 33.2 Å². The predicted molar refractivity (Wildman–Crippen MR) is 87.2 cm³/mol. The van der Waals surface area contributed by atoms with Crippen molar-refractivity contribution in [3.63, 3.8) is 0 Å². The van der Waals surface area contributed by atoms with Gasteiger partial charge >= 0.3 is 0 Å². The van der Waals surface area contributed by atoms with Crippen LogP contribution in [-0.4, -0.2) is 61.2 Å². The molecular weight excluding hydrogens is 246 g/mol. The van der Waals surface area contributed by atoms with Gasteiger partial charge in [0.25, 0.3) is 0 Å². The van der Waals surface area contributed by atoms with Gasteiger partial charge in [-0.25, -0.2) is 0 Å². The van der Waals surface area contributed by atoms with Gasteiger partial charge in [0.05, 0.1) is 0 Å². The van der Waals surface area contributed by atoms with E-state index in [4.69, 9.17) is 0 Å². The zero-order valence-electron chi connectivity index (χ0n) is 14.1. The first-order valence-electron chi connectivity index (χ1n) is 8.83. The van der Waals surface area contributed by atoms with Crippen LogP contribution in [0.2, 0.25) is 0 Å². The molecule has 1 heterocycles. The second-order valence-corrected chi connectivity index (χ2v) is 7.02. The number of rotatable bonds is 5. The van der Waals surface area contributed by atoms with Crippen molar-refractivity contribution in [1.82, 2.24) is 15.1 Å². The molecule has 3 heteroatoms. The highest BCUT2D eigenvalue weighted by Gasteiger charge is 2.35. The van der Waals surface area contributed by atoms with Gasteiger partial charge in [-0.1, -0.05) is 26.7 Å². The van der Waals surface area contributed by atoms with Crippen molar-refractivity contribution in [3.8, 4) is 0 Å². The molecular formula is C17H35N3. The number of nitrogens with one attached hydrogen (secondary N) is 1. The lowest BCUT2D eigenvalue weighted by atomic mass is 9.79. The Bertz CT molecular complexity index is 281. The molecule has 3 nitrogen and oxygen atoms in total. The molecule has 0 spiro atoms. The molecule has 1 saturated carbocycles. The normalized spacial score (nSPS) is 37.2. The number of hydrogen-bond donors (Lipinski definition) is 1. The summed E-state index contributed by atoms with van der Waals surface area (Å²) in [5.74, 6) is 0.967. The Morgan fingerprint density at radius 3 is 2.60 bits per heavy atom. The zero-order valence-corrected chi connectivity index (χ0v) is 14.1.